The normalized spacial score (nSPS) is 24.0. The van der Waals surface area contributed by atoms with Crippen LogP contribution < -0.4 is 0 Å². The number of rotatable bonds is 4. The molecule has 0 radical (unpaired) electrons. The van der Waals surface area contributed by atoms with E-state index in [0.717, 1.165) is 24.0 Å². The molecule has 2 atom stereocenters. The molecule has 1 aromatic rings. The van der Waals surface area contributed by atoms with Crippen LogP contribution in [0.25, 0.3) is 0 Å². The summed E-state index contributed by atoms with van der Waals surface area (Å²) in [6, 6.07) is 6.62. The van der Waals surface area contributed by atoms with Crippen molar-refractivity contribution >= 4 is 11.7 Å². The quantitative estimate of drug-likeness (QED) is 0.484. The first-order valence-electron chi connectivity index (χ1n) is 6.93. The van der Waals surface area contributed by atoms with E-state index in [1.54, 1.807) is 12.1 Å². The summed E-state index contributed by atoms with van der Waals surface area (Å²) in [5.41, 5.74) is 2.11. The number of fused-ring (bicyclic) bond motifs is 2. The lowest BCUT2D eigenvalue weighted by Gasteiger charge is -2.13. The molecule has 21 heavy (non-hydrogen) atoms. The van der Waals surface area contributed by atoms with E-state index in [-0.39, 0.29) is 23.7 Å². The van der Waals surface area contributed by atoms with Crippen LogP contribution in [0, 0.1) is 16.0 Å². The topological polar surface area (TPSA) is 69.4 Å². The van der Waals surface area contributed by atoms with Crippen LogP contribution in [-0.4, -0.2) is 17.0 Å². The van der Waals surface area contributed by atoms with Gasteiger partial charge >= 0.3 is 5.97 Å². The van der Waals surface area contributed by atoms with Crippen LogP contribution in [0.4, 0.5) is 5.69 Å². The summed E-state index contributed by atoms with van der Waals surface area (Å²) in [6.45, 7) is 0. The zero-order valence-electron chi connectivity index (χ0n) is 11.4. The smallest absolute Gasteiger partial charge is 0.313 e. The monoisotopic (exact) mass is 285 g/mol. The fraction of sp³-hybridized carbons (Fsp3) is 0.312. The van der Waals surface area contributed by atoms with Crippen molar-refractivity contribution < 1.29 is 14.5 Å². The number of ether oxygens (including phenoxy) is 1. The molecule has 1 saturated heterocycles. The van der Waals surface area contributed by atoms with Crippen LogP contribution >= 0.6 is 0 Å². The molecule has 2 bridgehead atoms. The van der Waals surface area contributed by atoms with Gasteiger partial charge in [-0.1, -0.05) is 30.4 Å². The number of nitrogens with zero attached hydrogens (tertiary/aromatic N) is 1. The summed E-state index contributed by atoms with van der Waals surface area (Å²) in [6.07, 6.45) is 8.12. The lowest BCUT2D eigenvalue weighted by Crippen LogP contribution is -2.09. The van der Waals surface area contributed by atoms with E-state index >= 15 is 0 Å². The summed E-state index contributed by atoms with van der Waals surface area (Å²) in [5, 5.41) is 10.7. The molecular weight excluding hydrogens is 270 g/mol. The Balaban J connectivity index is 1.65. The summed E-state index contributed by atoms with van der Waals surface area (Å²) < 4.78 is 5.22. The number of benzene rings is 1. The van der Waals surface area contributed by atoms with Crippen LogP contribution in [0.1, 0.15) is 18.4 Å². The Hall–Kier alpha value is -2.43. The Kier molecular flexibility index (Phi) is 3.56. The fourth-order valence-electron chi connectivity index (χ4n) is 2.80. The van der Waals surface area contributed by atoms with E-state index in [1.807, 2.05) is 24.3 Å². The second-order valence-corrected chi connectivity index (χ2v) is 5.38. The maximum atomic E-state index is 11.4. The Labute approximate surface area is 122 Å². The van der Waals surface area contributed by atoms with Crippen LogP contribution in [0.3, 0.4) is 0 Å². The summed E-state index contributed by atoms with van der Waals surface area (Å²) >= 11 is 0. The molecule has 0 N–H and O–H groups in total. The van der Waals surface area contributed by atoms with Crippen molar-refractivity contribution in [2.75, 3.05) is 0 Å². The highest BCUT2D eigenvalue weighted by Gasteiger charge is 2.36. The molecule has 3 rings (SSSR count). The van der Waals surface area contributed by atoms with Crippen molar-refractivity contribution in [2.24, 2.45) is 5.92 Å². The van der Waals surface area contributed by atoms with Gasteiger partial charge in [-0.3, -0.25) is 14.9 Å². The van der Waals surface area contributed by atoms with E-state index in [0.29, 0.717) is 6.42 Å². The van der Waals surface area contributed by atoms with Crippen molar-refractivity contribution in [3.05, 3.63) is 63.7 Å². The summed E-state index contributed by atoms with van der Waals surface area (Å²) in [7, 11) is 0. The number of carbonyl (C=O) groups excluding carboxylic acids is 1. The minimum atomic E-state index is -0.391. The lowest BCUT2D eigenvalue weighted by molar-refractivity contribution is -0.384. The molecule has 1 aromatic carbocycles. The molecule has 0 amide bonds. The third-order valence-corrected chi connectivity index (χ3v) is 3.79. The molecule has 1 heterocycles. The molecule has 0 unspecified atom stereocenters. The highest BCUT2D eigenvalue weighted by molar-refractivity contribution is 5.77. The van der Waals surface area contributed by atoms with E-state index < -0.39 is 4.92 Å². The van der Waals surface area contributed by atoms with E-state index in [4.69, 9.17) is 4.74 Å². The third kappa shape index (κ3) is 3.02. The average Bonchev–Trinajstić information content (AvgIpc) is 2.72. The molecule has 108 valence electrons. The SMILES string of the molecule is O=C1O[C@H]2CC(/C=C/Cc3cccc([N+](=O)[O-])c3)=C[C@@H]1C2. The van der Waals surface area contributed by atoms with Crippen LogP contribution in [0.5, 0.6) is 0 Å². The third-order valence-electron chi connectivity index (χ3n) is 3.79. The zero-order chi connectivity index (χ0) is 14.8. The van der Waals surface area contributed by atoms with Crippen molar-refractivity contribution in [1.29, 1.82) is 0 Å². The predicted octanol–water partition coefficient (Wildman–Crippen LogP) is 2.96. The van der Waals surface area contributed by atoms with Crippen molar-refractivity contribution in [3.63, 3.8) is 0 Å². The van der Waals surface area contributed by atoms with E-state index in [1.165, 1.54) is 6.07 Å². The predicted molar refractivity (Wildman–Crippen MR) is 76.6 cm³/mol. The molecule has 2 aliphatic rings. The number of hydrogen-bond acceptors (Lipinski definition) is 4. The first kappa shape index (κ1) is 13.5. The molecule has 0 saturated carbocycles. The van der Waals surface area contributed by atoms with Gasteiger partial charge in [-0.05, 0) is 17.6 Å². The second kappa shape index (κ2) is 5.52. The van der Waals surface area contributed by atoms with Gasteiger partial charge < -0.3 is 4.74 Å². The minimum Gasteiger partial charge on any atom is -0.462 e. The van der Waals surface area contributed by atoms with Gasteiger partial charge in [0.25, 0.3) is 5.69 Å². The van der Waals surface area contributed by atoms with Gasteiger partial charge in [0.15, 0.2) is 0 Å². The Bertz CT molecular complexity index is 647. The molecule has 5 nitrogen and oxygen atoms in total. The number of allylic oxidation sites excluding steroid dienone is 2. The number of esters is 1. The van der Waals surface area contributed by atoms with Gasteiger partial charge in [-0.15, -0.1) is 0 Å². The molecule has 5 heteroatoms. The van der Waals surface area contributed by atoms with Crippen LogP contribution in [-0.2, 0) is 16.0 Å². The molecular formula is C16H15NO4. The molecule has 0 aromatic heterocycles. The van der Waals surface area contributed by atoms with Crippen molar-refractivity contribution in [3.8, 4) is 0 Å². The summed E-state index contributed by atoms with van der Waals surface area (Å²) in [4.78, 5) is 21.8. The molecule has 1 fully saturated rings. The molecule has 1 aliphatic carbocycles. The maximum absolute atomic E-state index is 11.4. The molecule has 0 spiro atoms. The van der Waals surface area contributed by atoms with Gasteiger partial charge in [0.05, 0.1) is 10.8 Å². The first-order chi connectivity index (χ1) is 10.1. The number of hydrogen-bond donors (Lipinski definition) is 0. The van der Waals surface area contributed by atoms with Gasteiger partial charge in [0.2, 0.25) is 0 Å². The number of nitro groups is 1. The fourth-order valence-corrected chi connectivity index (χ4v) is 2.80. The Morgan fingerprint density at radius 3 is 3.05 bits per heavy atom. The zero-order valence-corrected chi connectivity index (χ0v) is 11.4. The highest BCUT2D eigenvalue weighted by atomic mass is 16.6. The van der Waals surface area contributed by atoms with Gasteiger partial charge in [0, 0.05) is 25.0 Å². The van der Waals surface area contributed by atoms with E-state index in [2.05, 4.69) is 0 Å². The van der Waals surface area contributed by atoms with Crippen molar-refractivity contribution in [2.45, 2.75) is 25.4 Å². The highest BCUT2D eigenvalue weighted by Crippen LogP contribution is 2.33. The van der Waals surface area contributed by atoms with Gasteiger partial charge in [-0.2, -0.15) is 0 Å². The van der Waals surface area contributed by atoms with Crippen LogP contribution in [0.15, 0.2) is 48.1 Å². The number of non-ortho nitro benzene ring substituents is 1. The van der Waals surface area contributed by atoms with Crippen molar-refractivity contribution in [1.82, 2.24) is 0 Å². The Morgan fingerprint density at radius 2 is 2.29 bits per heavy atom. The van der Waals surface area contributed by atoms with Gasteiger partial charge in [-0.25, -0.2) is 0 Å². The maximum Gasteiger partial charge on any atom is 0.313 e. The summed E-state index contributed by atoms with van der Waals surface area (Å²) in [5.74, 6) is -0.219. The average molecular weight is 285 g/mol. The minimum absolute atomic E-state index is 0.0185. The molecule has 1 aliphatic heterocycles. The van der Waals surface area contributed by atoms with Gasteiger partial charge in [0.1, 0.15) is 6.10 Å². The Morgan fingerprint density at radius 1 is 1.43 bits per heavy atom. The lowest BCUT2D eigenvalue weighted by atomic mass is 9.91. The first-order valence-corrected chi connectivity index (χ1v) is 6.93. The number of nitro benzene ring substituents is 1. The number of carbonyl (C=O) groups is 1. The largest absolute Gasteiger partial charge is 0.462 e. The van der Waals surface area contributed by atoms with Crippen LogP contribution in [0.2, 0.25) is 0 Å². The standard InChI is InChI=1S/C16H15NO4/c18-16-13-7-12(9-15(10-13)21-16)5-1-3-11-4-2-6-14(8-11)17(19)20/h1-2,4-8,13,15H,3,9-10H2/b5-1+/t13-,15+/m1/s1. The second-order valence-electron chi connectivity index (χ2n) is 5.38. The van der Waals surface area contributed by atoms with E-state index in [9.17, 15) is 14.9 Å².